The first kappa shape index (κ1) is 26.9. The lowest BCUT2D eigenvalue weighted by atomic mass is 9.93. The molecule has 1 aliphatic rings. The van der Waals surface area contributed by atoms with E-state index >= 15 is 0 Å². The molecule has 0 amide bonds. The molecule has 1 rings (SSSR count). The van der Waals surface area contributed by atoms with Crippen LogP contribution in [0.2, 0.25) is 0 Å². The third-order valence-electron chi connectivity index (χ3n) is 5.46. The first-order chi connectivity index (χ1) is 14.2. The summed E-state index contributed by atoms with van der Waals surface area (Å²) in [6, 6.07) is 0.148. The molecule has 1 heterocycles. The topological polar surface area (TPSA) is 49.4 Å². The van der Waals surface area contributed by atoms with Crippen LogP contribution in [0.1, 0.15) is 66.2 Å². The number of hydrogen-bond acceptors (Lipinski definition) is 6. The number of rotatable bonds is 18. The molecule has 6 nitrogen and oxygen atoms in total. The molecule has 0 aromatic carbocycles. The Morgan fingerprint density at radius 3 is 1.93 bits per heavy atom. The molecule has 0 bridgehead atoms. The third-order valence-corrected chi connectivity index (χ3v) is 5.46. The van der Waals surface area contributed by atoms with Crippen molar-refractivity contribution in [1.82, 2.24) is 4.90 Å². The van der Waals surface area contributed by atoms with Crippen molar-refractivity contribution >= 4 is 8.05 Å². The summed E-state index contributed by atoms with van der Waals surface area (Å²) in [6.07, 6.45) is 6.45. The number of piperidine rings is 1. The number of likely N-dealkylation sites (tertiary alicyclic amines) is 1. The minimum Gasteiger partial charge on any atom is -0.442 e. The van der Waals surface area contributed by atoms with E-state index in [4.69, 9.17) is 23.6 Å². The van der Waals surface area contributed by atoms with Gasteiger partial charge in [0.25, 0.3) is 8.05 Å². The molecule has 0 saturated carbocycles. The summed E-state index contributed by atoms with van der Waals surface area (Å²) >= 11 is 0. The third kappa shape index (κ3) is 10.1. The molecule has 0 unspecified atom stereocenters. The Balaban J connectivity index is 2.98. The van der Waals surface area contributed by atoms with Gasteiger partial charge in [0.15, 0.2) is 0 Å². The fourth-order valence-electron chi connectivity index (χ4n) is 3.73. The molecule has 1 aliphatic heterocycles. The van der Waals surface area contributed by atoms with E-state index in [9.17, 15) is 0 Å². The molecule has 29 heavy (non-hydrogen) atoms. The second kappa shape index (κ2) is 17.5. The summed E-state index contributed by atoms with van der Waals surface area (Å²) in [7, 11) is 1.76. The summed E-state index contributed by atoms with van der Waals surface area (Å²) in [4.78, 5) is 2.42. The number of nitrogens with zero attached hydrogens (tertiary/aromatic N) is 1. The molecular formula is C22H46BNO5. The van der Waals surface area contributed by atoms with Crippen LogP contribution in [0.3, 0.4) is 0 Å². The highest BCUT2D eigenvalue weighted by Gasteiger charge is 2.45. The standard InChI is InChI=1S/C22H46BNO5/c1-5-9-13-26-20-17-24(12-16-25-8-4)19(18-29-23)21(27-14-10-6-2)22(20)28-15-11-7-3/h19-22H,5-18,23H2,1-4H3/t19-,20+,21-,22-/m1/s1. The second-order valence-electron chi connectivity index (χ2n) is 7.86. The van der Waals surface area contributed by atoms with Crippen LogP contribution >= 0.6 is 0 Å². The first-order valence-corrected chi connectivity index (χ1v) is 11.9. The van der Waals surface area contributed by atoms with Crippen LogP contribution in [0, 0.1) is 0 Å². The Kier molecular flexibility index (Phi) is 16.2. The van der Waals surface area contributed by atoms with Crippen LogP contribution in [0.15, 0.2) is 0 Å². The minimum absolute atomic E-state index is 0.0137. The molecule has 0 aromatic rings. The van der Waals surface area contributed by atoms with E-state index in [1.54, 1.807) is 8.05 Å². The van der Waals surface area contributed by atoms with Gasteiger partial charge in [0, 0.05) is 46.1 Å². The van der Waals surface area contributed by atoms with Crippen molar-refractivity contribution in [1.29, 1.82) is 0 Å². The summed E-state index contributed by atoms with van der Waals surface area (Å²) < 4.78 is 30.4. The maximum atomic E-state index is 6.44. The van der Waals surface area contributed by atoms with E-state index in [-0.39, 0.29) is 24.4 Å². The molecule has 7 heteroatoms. The van der Waals surface area contributed by atoms with Crippen LogP contribution in [-0.4, -0.2) is 90.0 Å². The van der Waals surface area contributed by atoms with E-state index in [2.05, 4.69) is 25.7 Å². The highest BCUT2D eigenvalue weighted by molar-refractivity contribution is 5.97. The van der Waals surface area contributed by atoms with Crippen LogP contribution in [0.5, 0.6) is 0 Å². The quantitative estimate of drug-likeness (QED) is 0.254. The molecule has 0 N–H and O–H groups in total. The maximum absolute atomic E-state index is 6.44. The zero-order valence-corrected chi connectivity index (χ0v) is 19.7. The molecule has 0 aromatic heterocycles. The predicted octanol–water partition coefficient (Wildman–Crippen LogP) is 2.83. The van der Waals surface area contributed by atoms with Gasteiger partial charge in [0.05, 0.1) is 18.8 Å². The molecule has 1 saturated heterocycles. The Labute approximate surface area is 180 Å². The average Bonchev–Trinajstić information content (AvgIpc) is 2.72. The molecule has 4 atom stereocenters. The summed E-state index contributed by atoms with van der Waals surface area (Å²) in [6.45, 7) is 14.6. The largest absolute Gasteiger partial charge is 0.442 e. The van der Waals surface area contributed by atoms with Gasteiger partial charge in [-0.3, -0.25) is 4.90 Å². The highest BCUT2D eigenvalue weighted by Crippen LogP contribution is 2.27. The van der Waals surface area contributed by atoms with Crippen molar-refractivity contribution in [3.8, 4) is 0 Å². The van der Waals surface area contributed by atoms with Crippen molar-refractivity contribution in [2.45, 2.75) is 90.6 Å². The Morgan fingerprint density at radius 1 is 0.793 bits per heavy atom. The minimum atomic E-state index is -0.0567. The van der Waals surface area contributed by atoms with Crippen LogP contribution < -0.4 is 0 Å². The monoisotopic (exact) mass is 415 g/mol. The fourth-order valence-corrected chi connectivity index (χ4v) is 3.73. The summed E-state index contributed by atoms with van der Waals surface area (Å²) in [5.41, 5.74) is 0. The smallest absolute Gasteiger partial charge is 0.257 e. The van der Waals surface area contributed by atoms with Gasteiger partial charge in [0.1, 0.15) is 12.2 Å². The SMILES string of the molecule is BOC[C@@H]1[C@@H](OCCCC)[C@H](OCCCC)[C@@H](OCCCC)CN1CCOCC. The zero-order chi connectivity index (χ0) is 21.3. The lowest BCUT2D eigenvalue weighted by molar-refractivity contribution is -0.199. The predicted molar refractivity (Wildman–Crippen MR) is 120 cm³/mol. The molecular weight excluding hydrogens is 369 g/mol. The van der Waals surface area contributed by atoms with Gasteiger partial charge in [-0.2, -0.15) is 0 Å². The summed E-state index contributed by atoms with van der Waals surface area (Å²) in [5, 5.41) is 0. The van der Waals surface area contributed by atoms with E-state index in [0.717, 1.165) is 78.0 Å². The van der Waals surface area contributed by atoms with Crippen molar-refractivity contribution in [2.75, 3.05) is 52.7 Å². The highest BCUT2D eigenvalue weighted by atomic mass is 16.6. The first-order valence-electron chi connectivity index (χ1n) is 11.9. The average molecular weight is 415 g/mol. The lowest BCUT2D eigenvalue weighted by Crippen LogP contribution is -2.65. The molecule has 172 valence electrons. The van der Waals surface area contributed by atoms with E-state index in [0.29, 0.717) is 13.2 Å². The lowest BCUT2D eigenvalue weighted by Gasteiger charge is -2.48. The number of unbranched alkanes of at least 4 members (excludes halogenated alkanes) is 3. The van der Waals surface area contributed by atoms with Crippen LogP contribution in [0.25, 0.3) is 0 Å². The van der Waals surface area contributed by atoms with E-state index in [1.807, 2.05) is 6.92 Å². The normalized spacial score (nSPS) is 25.5. The zero-order valence-electron chi connectivity index (χ0n) is 19.7. The van der Waals surface area contributed by atoms with Gasteiger partial charge >= 0.3 is 0 Å². The van der Waals surface area contributed by atoms with Crippen LogP contribution in [0.4, 0.5) is 0 Å². The van der Waals surface area contributed by atoms with Gasteiger partial charge < -0.3 is 23.6 Å². The molecule has 0 radical (unpaired) electrons. The van der Waals surface area contributed by atoms with Gasteiger partial charge in [-0.05, 0) is 26.2 Å². The summed E-state index contributed by atoms with van der Waals surface area (Å²) in [5.74, 6) is 0. The van der Waals surface area contributed by atoms with Gasteiger partial charge in [-0.1, -0.05) is 40.0 Å². The van der Waals surface area contributed by atoms with Gasteiger partial charge in [0.2, 0.25) is 0 Å². The Morgan fingerprint density at radius 2 is 1.38 bits per heavy atom. The van der Waals surface area contributed by atoms with Crippen LogP contribution in [-0.2, 0) is 23.6 Å². The number of ether oxygens (including phenoxy) is 4. The van der Waals surface area contributed by atoms with Crippen molar-refractivity contribution in [3.05, 3.63) is 0 Å². The second-order valence-corrected chi connectivity index (χ2v) is 7.86. The van der Waals surface area contributed by atoms with Gasteiger partial charge in [-0.25, -0.2) is 0 Å². The molecule has 1 fully saturated rings. The molecule has 0 aliphatic carbocycles. The van der Waals surface area contributed by atoms with Crippen molar-refractivity contribution in [3.63, 3.8) is 0 Å². The fraction of sp³-hybridized carbons (Fsp3) is 1.00. The van der Waals surface area contributed by atoms with E-state index < -0.39 is 0 Å². The Hall–Kier alpha value is -0.175. The van der Waals surface area contributed by atoms with E-state index in [1.165, 1.54) is 0 Å². The van der Waals surface area contributed by atoms with Crippen molar-refractivity contribution < 1.29 is 23.6 Å². The van der Waals surface area contributed by atoms with Crippen molar-refractivity contribution in [2.24, 2.45) is 0 Å². The maximum Gasteiger partial charge on any atom is 0.257 e. The molecule has 0 spiro atoms. The number of hydrogen-bond donors (Lipinski definition) is 0. The Bertz CT molecular complexity index is 377. The van der Waals surface area contributed by atoms with Gasteiger partial charge in [-0.15, -0.1) is 0 Å².